The van der Waals surface area contributed by atoms with Crippen LogP contribution < -0.4 is 15.5 Å². The van der Waals surface area contributed by atoms with Crippen molar-refractivity contribution < 1.29 is 4.74 Å². The molecule has 5 nitrogen and oxygen atoms in total. The van der Waals surface area contributed by atoms with E-state index >= 15 is 0 Å². The summed E-state index contributed by atoms with van der Waals surface area (Å²) in [7, 11) is 6.80. The first-order chi connectivity index (χ1) is 7.61. The second-order valence-electron chi connectivity index (χ2n) is 4.25. The van der Waals surface area contributed by atoms with E-state index in [2.05, 4.69) is 17.3 Å². The van der Waals surface area contributed by atoms with Crippen LogP contribution in [-0.2, 0) is 7.05 Å². The molecule has 0 aliphatic heterocycles. The van der Waals surface area contributed by atoms with E-state index < -0.39 is 0 Å². The third-order valence-electron chi connectivity index (χ3n) is 2.92. The monoisotopic (exact) mass is 219 g/mol. The molecule has 2 atom stereocenters. The number of hydrogen-bond acceptors (Lipinski definition) is 4. The Kier molecular flexibility index (Phi) is 2.89. The molecule has 1 aromatic heterocycles. The first-order valence-corrected chi connectivity index (χ1v) is 5.29. The number of aromatic nitrogens is 2. The van der Waals surface area contributed by atoms with Crippen molar-refractivity contribution in [2.75, 3.05) is 11.8 Å². The van der Waals surface area contributed by atoms with Crippen LogP contribution in [0.1, 0.15) is 13.3 Å². The summed E-state index contributed by atoms with van der Waals surface area (Å²) in [6, 6.07) is 1.52. The molecule has 1 aromatic rings. The fourth-order valence-electron chi connectivity index (χ4n) is 1.58. The van der Waals surface area contributed by atoms with Gasteiger partial charge in [-0.15, -0.1) is 5.10 Å². The summed E-state index contributed by atoms with van der Waals surface area (Å²) >= 11 is 0. The second-order valence-corrected chi connectivity index (χ2v) is 4.25. The molecule has 0 saturated heterocycles. The van der Waals surface area contributed by atoms with Gasteiger partial charge in [-0.25, -0.2) is 4.68 Å². The van der Waals surface area contributed by atoms with Gasteiger partial charge in [0.2, 0.25) is 13.9 Å². The van der Waals surface area contributed by atoms with Crippen LogP contribution in [-0.4, -0.2) is 24.4 Å². The van der Waals surface area contributed by atoms with E-state index in [1.54, 1.807) is 7.05 Å². The van der Waals surface area contributed by atoms with E-state index in [-0.39, 0.29) is 11.2 Å². The van der Waals surface area contributed by atoms with E-state index in [1.165, 1.54) is 17.2 Å². The van der Waals surface area contributed by atoms with Gasteiger partial charge < -0.3 is 9.96 Å². The average Bonchev–Trinajstić information content (AvgIpc) is 2.96. The zero-order valence-electron chi connectivity index (χ0n) is 9.43. The third-order valence-corrected chi connectivity index (χ3v) is 2.92. The van der Waals surface area contributed by atoms with Gasteiger partial charge in [-0.05, 0) is 18.3 Å². The number of nitrogens with one attached hydrogen (secondary N) is 1. The predicted octanol–water partition coefficient (Wildman–Crippen LogP) is 0.310. The molecule has 1 heterocycles. The molecule has 84 valence electrons. The summed E-state index contributed by atoms with van der Waals surface area (Å²) in [5.74, 6) is 1.78. The summed E-state index contributed by atoms with van der Waals surface area (Å²) in [4.78, 5) is 11.5. The molecule has 1 fully saturated rings. The molecule has 16 heavy (non-hydrogen) atoms. The highest BCUT2D eigenvalue weighted by atomic mass is 16.5. The summed E-state index contributed by atoms with van der Waals surface area (Å²) in [6.45, 7) is 2.84. The highest BCUT2D eigenvalue weighted by Crippen LogP contribution is 2.37. The molecule has 1 aliphatic rings. The van der Waals surface area contributed by atoms with Crippen LogP contribution in [0, 0.1) is 11.8 Å². The van der Waals surface area contributed by atoms with E-state index in [4.69, 9.17) is 12.7 Å². The highest BCUT2D eigenvalue weighted by Gasteiger charge is 2.33. The molecule has 1 unspecified atom stereocenters. The second kappa shape index (κ2) is 4.19. The Labute approximate surface area is 95.2 Å². The largest absolute Gasteiger partial charge is 0.476 e. The van der Waals surface area contributed by atoms with E-state index in [9.17, 15) is 4.79 Å². The topological polar surface area (TPSA) is 56.1 Å². The van der Waals surface area contributed by atoms with Crippen molar-refractivity contribution in [2.45, 2.75) is 13.3 Å². The van der Waals surface area contributed by atoms with Crippen LogP contribution >= 0.6 is 0 Å². The highest BCUT2D eigenvalue weighted by molar-refractivity contribution is 6.15. The van der Waals surface area contributed by atoms with Gasteiger partial charge in [0.05, 0.1) is 12.3 Å². The van der Waals surface area contributed by atoms with Crippen LogP contribution in [0.2, 0.25) is 0 Å². The number of hydrogen-bond donors (Lipinski definition) is 1. The summed E-state index contributed by atoms with van der Waals surface area (Å²) < 4.78 is 6.72. The average molecular weight is 219 g/mol. The number of nitrogens with zero attached hydrogens (tertiary/aromatic N) is 2. The molecule has 0 aromatic carbocycles. The van der Waals surface area contributed by atoms with E-state index in [0.717, 1.165) is 5.92 Å². The lowest BCUT2D eigenvalue weighted by Gasteiger charge is -2.08. The van der Waals surface area contributed by atoms with Gasteiger partial charge in [0.25, 0.3) is 5.56 Å². The van der Waals surface area contributed by atoms with Crippen molar-refractivity contribution in [3.63, 3.8) is 0 Å². The van der Waals surface area contributed by atoms with Crippen molar-refractivity contribution >= 4 is 13.7 Å². The van der Waals surface area contributed by atoms with Crippen LogP contribution in [0.25, 0.3) is 0 Å². The van der Waals surface area contributed by atoms with Crippen LogP contribution in [0.4, 0.5) is 5.69 Å². The molecule has 2 radical (unpaired) electrons. The normalized spacial score (nSPS) is 22.9. The Balaban J connectivity index is 2.09. The predicted molar refractivity (Wildman–Crippen MR) is 61.6 cm³/mol. The molecular formula is C10H14BN3O2. The molecule has 1 saturated carbocycles. The molecule has 2 rings (SSSR count). The van der Waals surface area contributed by atoms with Gasteiger partial charge in [-0.1, -0.05) is 6.92 Å². The third kappa shape index (κ3) is 2.20. The van der Waals surface area contributed by atoms with Gasteiger partial charge in [0.1, 0.15) is 0 Å². The van der Waals surface area contributed by atoms with Crippen molar-refractivity contribution in [1.82, 2.24) is 9.78 Å². The molecule has 0 bridgehead atoms. The lowest BCUT2D eigenvalue weighted by Crippen LogP contribution is -2.23. The van der Waals surface area contributed by atoms with Gasteiger partial charge in [0.15, 0.2) is 0 Å². The number of anilines is 1. The zero-order chi connectivity index (χ0) is 11.7. The molecule has 0 spiro atoms. The first kappa shape index (κ1) is 11.0. The SMILES string of the molecule is [B]Nc1cc(OCC2C[C@@H]2C)nn(C)c1=O. The molecule has 1 aliphatic carbocycles. The van der Waals surface area contributed by atoms with Crippen molar-refractivity contribution in [1.29, 1.82) is 0 Å². The van der Waals surface area contributed by atoms with Crippen molar-refractivity contribution in [3.8, 4) is 5.88 Å². The van der Waals surface area contributed by atoms with Crippen LogP contribution in [0.5, 0.6) is 5.88 Å². The Morgan fingerprint density at radius 3 is 3.00 bits per heavy atom. The van der Waals surface area contributed by atoms with E-state index in [0.29, 0.717) is 18.4 Å². The minimum Gasteiger partial charge on any atom is -0.476 e. The fraction of sp³-hybridized carbons (Fsp3) is 0.600. The summed E-state index contributed by atoms with van der Waals surface area (Å²) in [5.41, 5.74) is 0.0194. The smallest absolute Gasteiger partial charge is 0.288 e. The lowest BCUT2D eigenvalue weighted by atomic mass is 10.3. The lowest BCUT2D eigenvalue weighted by molar-refractivity contribution is 0.275. The molecule has 6 heteroatoms. The van der Waals surface area contributed by atoms with Gasteiger partial charge in [0, 0.05) is 13.1 Å². The molecule has 1 N–H and O–H groups in total. The Bertz CT molecular complexity index is 446. The maximum absolute atomic E-state index is 11.5. The number of aryl methyl sites for hydroxylation is 1. The Hall–Kier alpha value is -1.46. The van der Waals surface area contributed by atoms with Crippen LogP contribution in [0.3, 0.4) is 0 Å². The molecular weight excluding hydrogens is 205 g/mol. The number of ether oxygens (including phenoxy) is 1. The van der Waals surface area contributed by atoms with Crippen molar-refractivity contribution in [2.24, 2.45) is 18.9 Å². The van der Waals surface area contributed by atoms with Gasteiger partial charge >= 0.3 is 0 Å². The maximum Gasteiger partial charge on any atom is 0.288 e. The maximum atomic E-state index is 11.5. The summed E-state index contributed by atoms with van der Waals surface area (Å²) in [6.07, 6.45) is 1.20. The first-order valence-electron chi connectivity index (χ1n) is 5.29. The van der Waals surface area contributed by atoms with Crippen LogP contribution in [0.15, 0.2) is 10.9 Å². The zero-order valence-corrected chi connectivity index (χ0v) is 9.43. The standard InChI is InChI=1S/C10H14BN3O2/c1-6-3-7(6)5-16-9-4-8(12-11)10(15)14(2)13-9/h4,6-7,12H,3,5H2,1-2H3/t6-,7?/m0/s1. The minimum absolute atomic E-state index is 0.269. The Morgan fingerprint density at radius 2 is 2.44 bits per heavy atom. The summed E-state index contributed by atoms with van der Waals surface area (Å²) in [5, 5.41) is 6.33. The van der Waals surface area contributed by atoms with Crippen molar-refractivity contribution in [3.05, 3.63) is 16.4 Å². The van der Waals surface area contributed by atoms with E-state index in [1.807, 2.05) is 0 Å². The van der Waals surface area contributed by atoms with Gasteiger partial charge in [-0.2, -0.15) is 0 Å². The number of rotatable bonds is 4. The minimum atomic E-state index is -0.269. The Morgan fingerprint density at radius 1 is 1.75 bits per heavy atom. The fourth-order valence-corrected chi connectivity index (χ4v) is 1.58. The van der Waals surface area contributed by atoms with Gasteiger partial charge in [-0.3, -0.25) is 4.79 Å². The quantitative estimate of drug-likeness (QED) is 0.740. The molecule has 0 amide bonds.